The molecule has 2 N–H and O–H groups in total. The topological polar surface area (TPSA) is 32.5 Å². The Morgan fingerprint density at radius 2 is 2.10 bits per heavy atom. The van der Waals surface area contributed by atoms with E-state index >= 15 is 0 Å². The van der Waals surface area contributed by atoms with Crippen molar-refractivity contribution in [2.75, 3.05) is 33.2 Å². The van der Waals surface area contributed by atoms with Crippen LogP contribution in [0.3, 0.4) is 0 Å². The van der Waals surface area contributed by atoms with E-state index in [-0.39, 0.29) is 5.82 Å². The molecule has 3 nitrogen and oxygen atoms in total. The van der Waals surface area contributed by atoms with E-state index in [4.69, 9.17) is 18.0 Å². The second-order valence-corrected chi connectivity index (χ2v) is 5.90. The molecule has 1 aromatic carbocycles. The molecule has 0 spiro atoms. The summed E-state index contributed by atoms with van der Waals surface area (Å²) in [6, 6.07) is 4.83. The second kappa shape index (κ2) is 7.11. The van der Waals surface area contributed by atoms with Crippen LogP contribution in [0.25, 0.3) is 0 Å². The van der Waals surface area contributed by atoms with Gasteiger partial charge in [0.05, 0.1) is 0 Å². The van der Waals surface area contributed by atoms with Crippen molar-refractivity contribution in [3.63, 3.8) is 0 Å². The van der Waals surface area contributed by atoms with Gasteiger partial charge >= 0.3 is 0 Å². The van der Waals surface area contributed by atoms with Crippen LogP contribution in [0.4, 0.5) is 4.39 Å². The van der Waals surface area contributed by atoms with Gasteiger partial charge in [-0.05, 0) is 51.2 Å². The largest absolute Gasteiger partial charge is 0.389 e. The van der Waals surface area contributed by atoms with Gasteiger partial charge in [-0.15, -0.1) is 0 Å². The Balaban J connectivity index is 1.90. The van der Waals surface area contributed by atoms with Crippen molar-refractivity contribution in [2.45, 2.75) is 19.4 Å². The SMILES string of the molecule is CN(CCN1CCCC1)Cc1cc(C(N)=S)ccc1F. The Morgan fingerprint density at radius 3 is 2.75 bits per heavy atom. The van der Waals surface area contributed by atoms with Gasteiger partial charge in [0, 0.05) is 30.8 Å². The summed E-state index contributed by atoms with van der Waals surface area (Å²) in [5, 5.41) is 0. The number of nitrogens with zero attached hydrogens (tertiary/aromatic N) is 2. The summed E-state index contributed by atoms with van der Waals surface area (Å²) >= 11 is 4.94. The molecule has 0 radical (unpaired) electrons. The van der Waals surface area contributed by atoms with Crippen LogP contribution in [0.5, 0.6) is 0 Å². The molecule has 20 heavy (non-hydrogen) atoms. The lowest BCUT2D eigenvalue weighted by molar-refractivity contribution is 0.250. The molecule has 0 atom stereocenters. The highest BCUT2D eigenvalue weighted by molar-refractivity contribution is 7.80. The highest BCUT2D eigenvalue weighted by atomic mass is 32.1. The predicted molar refractivity (Wildman–Crippen MR) is 84.3 cm³/mol. The fraction of sp³-hybridized carbons (Fsp3) is 0.533. The number of likely N-dealkylation sites (N-methyl/N-ethyl adjacent to an activating group) is 1. The van der Waals surface area contributed by atoms with E-state index in [2.05, 4.69) is 9.80 Å². The maximum Gasteiger partial charge on any atom is 0.127 e. The molecule has 1 aliphatic heterocycles. The van der Waals surface area contributed by atoms with E-state index in [1.165, 1.54) is 32.0 Å². The van der Waals surface area contributed by atoms with Gasteiger partial charge in [-0.25, -0.2) is 4.39 Å². The summed E-state index contributed by atoms with van der Waals surface area (Å²) in [5.41, 5.74) is 6.97. The Hall–Kier alpha value is -1.04. The van der Waals surface area contributed by atoms with Crippen LogP contribution in [-0.4, -0.2) is 48.0 Å². The minimum atomic E-state index is -0.196. The van der Waals surface area contributed by atoms with Gasteiger partial charge in [-0.3, -0.25) is 0 Å². The van der Waals surface area contributed by atoms with Crippen LogP contribution in [-0.2, 0) is 6.54 Å². The van der Waals surface area contributed by atoms with Crippen molar-refractivity contribution in [2.24, 2.45) is 5.73 Å². The Kier molecular flexibility index (Phi) is 5.46. The van der Waals surface area contributed by atoms with E-state index in [1.54, 1.807) is 12.1 Å². The van der Waals surface area contributed by atoms with Crippen LogP contribution >= 0.6 is 12.2 Å². The predicted octanol–water partition coefficient (Wildman–Crippen LogP) is 1.99. The molecule has 1 saturated heterocycles. The van der Waals surface area contributed by atoms with Gasteiger partial charge in [0.2, 0.25) is 0 Å². The zero-order valence-electron chi connectivity index (χ0n) is 11.9. The summed E-state index contributed by atoms with van der Waals surface area (Å²) in [4.78, 5) is 4.91. The van der Waals surface area contributed by atoms with E-state index in [0.717, 1.165) is 18.7 Å². The highest BCUT2D eigenvalue weighted by Gasteiger charge is 2.13. The van der Waals surface area contributed by atoms with E-state index in [9.17, 15) is 4.39 Å². The quantitative estimate of drug-likeness (QED) is 0.814. The number of hydrogen-bond acceptors (Lipinski definition) is 3. The first-order valence-corrected chi connectivity index (χ1v) is 7.46. The smallest absolute Gasteiger partial charge is 0.127 e. The molecule has 1 aromatic rings. The fourth-order valence-electron chi connectivity index (χ4n) is 2.54. The number of likely N-dealkylation sites (tertiary alicyclic amines) is 1. The lowest BCUT2D eigenvalue weighted by atomic mass is 10.1. The minimum Gasteiger partial charge on any atom is -0.389 e. The molecule has 0 amide bonds. The van der Waals surface area contributed by atoms with Crippen LogP contribution in [0, 0.1) is 5.82 Å². The third-order valence-electron chi connectivity index (χ3n) is 3.77. The number of hydrogen-bond donors (Lipinski definition) is 1. The molecular formula is C15H22FN3S. The van der Waals surface area contributed by atoms with Gasteiger partial charge in [0.1, 0.15) is 10.8 Å². The summed E-state index contributed by atoms with van der Waals surface area (Å²) in [6.07, 6.45) is 2.60. The minimum absolute atomic E-state index is 0.196. The van der Waals surface area contributed by atoms with Crippen LogP contribution in [0.1, 0.15) is 24.0 Å². The van der Waals surface area contributed by atoms with Crippen molar-refractivity contribution >= 4 is 17.2 Å². The van der Waals surface area contributed by atoms with Gasteiger partial charge in [-0.1, -0.05) is 12.2 Å². The fourth-order valence-corrected chi connectivity index (χ4v) is 2.66. The maximum atomic E-state index is 13.8. The van der Waals surface area contributed by atoms with Gasteiger partial charge < -0.3 is 15.5 Å². The Labute approximate surface area is 125 Å². The summed E-state index contributed by atoms with van der Waals surface area (Å²) < 4.78 is 13.8. The van der Waals surface area contributed by atoms with Crippen LogP contribution in [0.2, 0.25) is 0 Å². The molecule has 1 heterocycles. The number of benzene rings is 1. The van der Waals surface area contributed by atoms with Crippen LogP contribution < -0.4 is 5.73 Å². The summed E-state index contributed by atoms with van der Waals surface area (Å²) in [5.74, 6) is -0.196. The molecule has 110 valence electrons. The molecule has 0 bridgehead atoms. The first-order chi connectivity index (χ1) is 9.56. The molecule has 0 aromatic heterocycles. The zero-order chi connectivity index (χ0) is 14.5. The second-order valence-electron chi connectivity index (χ2n) is 5.46. The molecular weight excluding hydrogens is 273 g/mol. The first-order valence-electron chi connectivity index (χ1n) is 7.05. The average molecular weight is 295 g/mol. The highest BCUT2D eigenvalue weighted by Crippen LogP contribution is 2.13. The molecule has 0 aliphatic carbocycles. The van der Waals surface area contributed by atoms with Crippen molar-refractivity contribution in [3.8, 4) is 0 Å². The van der Waals surface area contributed by atoms with Gasteiger partial charge in [0.25, 0.3) is 0 Å². The lowest BCUT2D eigenvalue weighted by Crippen LogP contribution is -2.31. The first kappa shape index (κ1) is 15.4. The average Bonchev–Trinajstić information content (AvgIpc) is 2.92. The van der Waals surface area contributed by atoms with Crippen molar-refractivity contribution in [3.05, 3.63) is 35.1 Å². The monoisotopic (exact) mass is 295 g/mol. The van der Waals surface area contributed by atoms with E-state index in [0.29, 0.717) is 17.1 Å². The zero-order valence-corrected chi connectivity index (χ0v) is 12.8. The van der Waals surface area contributed by atoms with Crippen molar-refractivity contribution in [1.29, 1.82) is 0 Å². The van der Waals surface area contributed by atoms with Crippen LogP contribution in [0.15, 0.2) is 18.2 Å². The molecule has 1 aliphatic rings. The molecule has 5 heteroatoms. The molecule has 1 fully saturated rings. The molecule has 0 unspecified atom stereocenters. The molecule has 0 saturated carbocycles. The normalized spacial score (nSPS) is 15.9. The van der Waals surface area contributed by atoms with Gasteiger partial charge in [0.15, 0.2) is 0 Å². The van der Waals surface area contributed by atoms with Crippen molar-refractivity contribution in [1.82, 2.24) is 9.80 Å². The summed E-state index contributed by atoms with van der Waals surface area (Å²) in [6.45, 7) is 4.96. The van der Waals surface area contributed by atoms with Crippen molar-refractivity contribution < 1.29 is 4.39 Å². The lowest BCUT2D eigenvalue weighted by Gasteiger charge is -2.21. The standard InChI is InChI=1S/C15H22FN3S/c1-18(8-9-19-6-2-3-7-19)11-13-10-12(15(17)20)4-5-14(13)16/h4-5,10H,2-3,6-9,11H2,1H3,(H2,17,20). The molecule has 2 rings (SSSR count). The van der Waals surface area contributed by atoms with E-state index in [1.807, 2.05) is 7.05 Å². The number of nitrogens with two attached hydrogens (primary N) is 1. The van der Waals surface area contributed by atoms with Gasteiger partial charge in [-0.2, -0.15) is 0 Å². The number of thiocarbonyl (C=S) groups is 1. The summed E-state index contributed by atoms with van der Waals surface area (Å²) in [7, 11) is 2.02. The maximum absolute atomic E-state index is 13.8. The number of rotatable bonds is 6. The Bertz CT molecular complexity index is 472. The Morgan fingerprint density at radius 1 is 1.40 bits per heavy atom. The number of halogens is 1. The third-order valence-corrected chi connectivity index (χ3v) is 4.00. The van der Waals surface area contributed by atoms with E-state index < -0.39 is 0 Å². The third kappa shape index (κ3) is 4.23.